The van der Waals surface area contributed by atoms with E-state index in [1.807, 2.05) is 30.3 Å². The van der Waals surface area contributed by atoms with Crippen molar-refractivity contribution >= 4 is 17.6 Å². The first-order valence-electron chi connectivity index (χ1n) is 7.33. The molecule has 0 saturated carbocycles. The number of hydrazine groups is 1. The molecule has 9 heteroatoms. The van der Waals surface area contributed by atoms with Crippen LogP contribution < -0.4 is 17.3 Å². The van der Waals surface area contributed by atoms with Crippen LogP contribution in [0.25, 0.3) is 0 Å². The third-order valence-electron chi connectivity index (χ3n) is 3.93. The second kappa shape index (κ2) is 8.41. The molecule has 9 N–H and O–H groups in total. The molecule has 0 fully saturated rings. The van der Waals surface area contributed by atoms with E-state index in [9.17, 15) is 24.9 Å². The minimum Gasteiger partial charge on any atom is -0.480 e. The average Bonchev–Trinajstić information content (AvgIpc) is 2.82. The van der Waals surface area contributed by atoms with E-state index in [-0.39, 0.29) is 18.8 Å². The Bertz CT molecular complexity index is 757. The number of anilines is 1. The van der Waals surface area contributed by atoms with Crippen LogP contribution in [-0.2, 0) is 16.1 Å². The van der Waals surface area contributed by atoms with Crippen molar-refractivity contribution < 1.29 is 24.9 Å². The first-order chi connectivity index (χ1) is 11.5. The minimum absolute atomic E-state index is 0. The molecule has 1 unspecified atom stereocenters. The van der Waals surface area contributed by atoms with Crippen molar-refractivity contribution in [3.8, 4) is 0 Å². The lowest BCUT2D eigenvalue weighted by atomic mass is 10.1. The summed E-state index contributed by atoms with van der Waals surface area (Å²) in [5.74, 6) is -3.07. The Morgan fingerprint density at radius 1 is 0.923 bits per heavy atom. The van der Waals surface area contributed by atoms with Crippen LogP contribution in [-0.4, -0.2) is 38.3 Å². The zero-order chi connectivity index (χ0) is 17.3. The van der Waals surface area contributed by atoms with Crippen LogP contribution in [0.3, 0.4) is 0 Å². The van der Waals surface area contributed by atoms with E-state index in [1.54, 1.807) is 24.3 Å². The van der Waals surface area contributed by atoms with E-state index in [1.165, 1.54) is 5.01 Å². The van der Waals surface area contributed by atoms with E-state index in [2.05, 4.69) is 0 Å². The van der Waals surface area contributed by atoms with Crippen LogP contribution in [0, 0.1) is 0 Å². The fourth-order valence-corrected chi connectivity index (χ4v) is 2.88. The summed E-state index contributed by atoms with van der Waals surface area (Å²) < 4.78 is 0. The number of carboxylic acids is 2. The van der Waals surface area contributed by atoms with Crippen LogP contribution in [0.2, 0.25) is 0 Å². The number of aliphatic carboxylic acids is 2. The zero-order valence-electron chi connectivity index (χ0n) is 14.0. The van der Waals surface area contributed by atoms with Gasteiger partial charge in [-0.05, 0) is 11.6 Å². The lowest BCUT2D eigenvalue weighted by Gasteiger charge is -2.34. The maximum Gasteiger partial charge on any atom is 0.334 e. The van der Waals surface area contributed by atoms with Gasteiger partial charge in [-0.3, -0.25) is 5.01 Å². The molecule has 1 aliphatic rings. The molecule has 140 valence electrons. The Labute approximate surface area is 150 Å². The lowest BCUT2D eigenvalue weighted by molar-refractivity contribution is -0.163. The van der Waals surface area contributed by atoms with Gasteiger partial charge in [0.15, 0.2) is 6.23 Å². The Morgan fingerprint density at radius 3 is 2.04 bits per heavy atom. The molecule has 0 aliphatic carbocycles. The van der Waals surface area contributed by atoms with Gasteiger partial charge in [0.25, 0.3) is 0 Å². The Balaban J connectivity index is 0.00000169. The van der Waals surface area contributed by atoms with Crippen molar-refractivity contribution in [2.45, 2.75) is 18.8 Å². The molecule has 1 heterocycles. The van der Waals surface area contributed by atoms with Gasteiger partial charge in [0.05, 0.1) is 12.2 Å². The Hall–Kier alpha value is -2.98. The molecular formula is C17H22N4O5. The average molecular weight is 362 g/mol. The number of fused-ring (bicyclic) bond motifs is 1. The second-order valence-electron chi connectivity index (χ2n) is 5.43. The van der Waals surface area contributed by atoms with Gasteiger partial charge in [-0.2, -0.15) is 5.01 Å². The summed E-state index contributed by atoms with van der Waals surface area (Å²) in [4.78, 5) is 22.9. The van der Waals surface area contributed by atoms with Crippen LogP contribution in [0.4, 0.5) is 5.69 Å². The van der Waals surface area contributed by atoms with Gasteiger partial charge in [-0.1, -0.05) is 48.5 Å². The molecule has 2 aromatic rings. The smallest absolute Gasteiger partial charge is 0.334 e. The molecule has 2 aromatic carbocycles. The van der Waals surface area contributed by atoms with Gasteiger partial charge >= 0.3 is 11.9 Å². The number of benzene rings is 2. The highest BCUT2D eigenvalue weighted by molar-refractivity contribution is 5.97. The normalized spacial score (nSPS) is 15.8. The summed E-state index contributed by atoms with van der Waals surface area (Å²) in [5, 5.41) is 31.7. The van der Waals surface area contributed by atoms with E-state index in [4.69, 9.17) is 0 Å². The Kier molecular flexibility index (Phi) is 6.81. The number of rotatable bonds is 5. The summed E-state index contributed by atoms with van der Waals surface area (Å²) in [6, 6.07) is 14.2. The van der Waals surface area contributed by atoms with Crippen LogP contribution >= 0.6 is 0 Å². The molecule has 0 bridgehead atoms. The molecule has 9 nitrogen and oxygen atoms in total. The quantitative estimate of drug-likeness (QED) is 0.497. The molecular weight excluding hydrogens is 340 g/mol. The van der Waals surface area contributed by atoms with E-state index in [0.717, 1.165) is 10.6 Å². The number of para-hydroxylation sites is 1. The standard InChI is InChI=1S/C17H16N2O5.2H3N/c20-15-12-8-4-5-9-13(12)18(10-11-6-2-1-3-7-11)19(15)14(16(21)22)17(23)24;;/h1-9,14-15,20H,10H2,(H,21,22)(H,23,24);2*1H3. The summed E-state index contributed by atoms with van der Waals surface area (Å²) in [6.45, 7) is 0.242. The fraction of sp³-hybridized carbons (Fsp3) is 0.176. The number of hydrogen-bond donors (Lipinski definition) is 5. The van der Waals surface area contributed by atoms with Gasteiger partial charge in [-0.15, -0.1) is 0 Å². The summed E-state index contributed by atoms with van der Waals surface area (Å²) >= 11 is 0. The number of aliphatic hydroxyl groups is 1. The summed E-state index contributed by atoms with van der Waals surface area (Å²) in [7, 11) is 0. The summed E-state index contributed by atoms with van der Waals surface area (Å²) in [5.41, 5.74) is 1.92. The highest BCUT2D eigenvalue weighted by Crippen LogP contribution is 2.40. The van der Waals surface area contributed by atoms with Crippen molar-refractivity contribution in [3.05, 3.63) is 65.7 Å². The number of aliphatic hydroxyl groups excluding tert-OH is 1. The van der Waals surface area contributed by atoms with Gasteiger partial charge < -0.3 is 27.6 Å². The lowest BCUT2D eigenvalue weighted by Crippen LogP contribution is -2.53. The molecule has 1 atom stereocenters. The SMILES string of the molecule is N.N.O=C(O)C(C(=O)O)N1C(O)c2ccccc2N1Cc1ccccc1. The number of hydrogen-bond acceptors (Lipinski definition) is 7. The van der Waals surface area contributed by atoms with Gasteiger partial charge in [0.1, 0.15) is 0 Å². The number of carboxylic acid groups (broad SMARTS) is 2. The van der Waals surface area contributed by atoms with Crippen LogP contribution in [0.1, 0.15) is 17.4 Å². The third kappa shape index (κ3) is 3.65. The topological polar surface area (TPSA) is 171 Å². The van der Waals surface area contributed by atoms with Gasteiger partial charge in [0.2, 0.25) is 6.04 Å². The molecule has 0 amide bonds. The predicted molar refractivity (Wildman–Crippen MR) is 95.0 cm³/mol. The number of carbonyl (C=O) groups is 2. The first-order valence-corrected chi connectivity index (χ1v) is 7.33. The monoisotopic (exact) mass is 362 g/mol. The number of nitrogens with zero attached hydrogens (tertiary/aromatic N) is 2. The van der Waals surface area contributed by atoms with E-state index in [0.29, 0.717) is 11.3 Å². The second-order valence-corrected chi connectivity index (χ2v) is 5.43. The Morgan fingerprint density at radius 2 is 1.46 bits per heavy atom. The fourth-order valence-electron chi connectivity index (χ4n) is 2.88. The highest BCUT2D eigenvalue weighted by atomic mass is 16.4. The first kappa shape index (κ1) is 21.1. The molecule has 3 rings (SSSR count). The van der Waals surface area contributed by atoms with Crippen LogP contribution in [0.5, 0.6) is 0 Å². The predicted octanol–water partition coefficient (Wildman–Crippen LogP) is 1.78. The summed E-state index contributed by atoms with van der Waals surface area (Å²) in [6.07, 6.45) is -1.35. The molecule has 0 aromatic heterocycles. The molecule has 1 aliphatic heterocycles. The molecule has 26 heavy (non-hydrogen) atoms. The third-order valence-corrected chi connectivity index (χ3v) is 3.93. The van der Waals surface area contributed by atoms with Crippen molar-refractivity contribution in [3.63, 3.8) is 0 Å². The van der Waals surface area contributed by atoms with Crippen molar-refractivity contribution in [2.24, 2.45) is 0 Å². The van der Waals surface area contributed by atoms with Gasteiger partial charge in [-0.25, -0.2) is 9.59 Å². The zero-order valence-corrected chi connectivity index (χ0v) is 14.0. The maximum absolute atomic E-state index is 11.5. The minimum atomic E-state index is -1.89. The van der Waals surface area contributed by atoms with E-state index < -0.39 is 24.2 Å². The van der Waals surface area contributed by atoms with Crippen LogP contribution in [0.15, 0.2) is 54.6 Å². The maximum atomic E-state index is 11.5. The molecule has 0 saturated heterocycles. The van der Waals surface area contributed by atoms with Crippen molar-refractivity contribution in [2.75, 3.05) is 5.01 Å². The highest BCUT2D eigenvalue weighted by Gasteiger charge is 2.46. The molecule has 0 spiro atoms. The molecule has 0 radical (unpaired) electrons. The largest absolute Gasteiger partial charge is 0.480 e. The van der Waals surface area contributed by atoms with Crippen molar-refractivity contribution in [1.82, 2.24) is 17.3 Å². The van der Waals surface area contributed by atoms with Crippen molar-refractivity contribution in [1.29, 1.82) is 0 Å². The van der Waals surface area contributed by atoms with E-state index >= 15 is 0 Å². The van der Waals surface area contributed by atoms with Gasteiger partial charge in [0, 0.05) is 5.56 Å².